The molecule has 1 aliphatic heterocycles. The van der Waals surface area contributed by atoms with Crippen LogP contribution in [0.2, 0.25) is 0 Å². The van der Waals surface area contributed by atoms with Gasteiger partial charge in [0.05, 0.1) is 0 Å². The molecular weight excluding hydrogens is 259 g/mol. The molecule has 2 atom stereocenters. The zero-order valence-corrected chi connectivity index (χ0v) is 11.9. The van der Waals surface area contributed by atoms with Crippen molar-refractivity contribution in [2.75, 3.05) is 13.1 Å². The van der Waals surface area contributed by atoms with E-state index >= 15 is 0 Å². The van der Waals surface area contributed by atoms with Gasteiger partial charge in [0.1, 0.15) is 0 Å². The summed E-state index contributed by atoms with van der Waals surface area (Å²) in [6.07, 6.45) is 1.37. The Kier molecular flexibility index (Phi) is 4.60. The van der Waals surface area contributed by atoms with Gasteiger partial charge in [-0.1, -0.05) is 6.07 Å². The van der Waals surface area contributed by atoms with Gasteiger partial charge in [0, 0.05) is 19.1 Å². The summed E-state index contributed by atoms with van der Waals surface area (Å²) in [4.78, 5) is 13.9. The molecule has 1 aromatic rings. The van der Waals surface area contributed by atoms with Crippen molar-refractivity contribution in [3.63, 3.8) is 0 Å². The molecule has 0 bridgehead atoms. The summed E-state index contributed by atoms with van der Waals surface area (Å²) < 4.78 is 19.4. The summed E-state index contributed by atoms with van der Waals surface area (Å²) in [5.74, 6) is -0.478. The molecule has 4 nitrogen and oxygen atoms in total. The Labute approximate surface area is 118 Å². The van der Waals surface area contributed by atoms with E-state index in [1.807, 2.05) is 0 Å². The Morgan fingerprint density at radius 2 is 2.00 bits per heavy atom. The number of nitrogens with zero attached hydrogens (tertiary/aromatic N) is 1. The van der Waals surface area contributed by atoms with Gasteiger partial charge < -0.3 is 15.4 Å². The van der Waals surface area contributed by atoms with Gasteiger partial charge >= 0.3 is 0 Å². The third-order valence-electron chi connectivity index (χ3n) is 3.55. The van der Waals surface area contributed by atoms with Crippen molar-refractivity contribution in [1.29, 1.82) is 0 Å². The van der Waals surface area contributed by atoms with Crippen LogP contribution in [0.15, 0.2) is 18.2 Å². The number of benzene rings is 1. The molecule has 1 aliphatic rings. The molecule has 2 unspecified atom stereocenters. The molecule has 5 heteroatoms. The number of likely N-dealkylation sites (tertiary alicyclic amines) is 1. The normalized spacial score (nSPS) is 17.9. The molecule has 0 saturated carbocycles. The van der Waals surface area contributed by atoms with Crippen LogP contribution in [0.25, 0.3) is 0 Å². The van der Waals surface area contributed by atoms with Gasteiger partial charge in [-0.3, -0.25) is 4.79 Å². The lowest BCUT2D eigenvalue weighted by molar-refractivity contribution is -0.136. The van der Waals surface area contributed by atoms with E-state index in [-0.39, 0.29) is 17.7 Å². The van der Waals surface area contributed by atoms with Crippen molar-refractivity contribution in [3.05, 3.63) is 29.6 Å². The monoisotopic (exact) mass is 280 g/mol. The van der Waals surface area contributed by atoms with E-state index in [0.717, 1.165) is 25.9 Å². The first-order chi connectivity index (χ1) is 9.49. The van der Waals surface area contributed by atoms with Gasteiger partial charge in [-0.25, -0.2) is 4.39 Å². The molecule has 1 fully saturated rings. The summed E-state index contributed by atoms with van der Waals surface area (Å²) in [5.41, 5.74) is 6.40. The number of hydrogen-bond acceptors (Lipinski definition) is 3. The predicted octanol–water partition coefficient (Wildman–Crippen LogP) is 2.24. The Bertz CT molecular complexity index is 485. The van der Waals surface area contributed by atoms with E-state index in [4.69, 9.17) is 10.5 Å². The fourth-order valence-electron chi connectivity index (χ4n) is 2.33. The number of nitrogens with two attached hydrogens (primary N) is 1. The maximum absolute atomic E-state index is 13.9. The highest BCUT2D eigenvalue weighted by molar-refractivity contribution is 5.81. The number of amides is 1. The second-order valence-electron chi connectivity index (χ2n) is 5.27. The lowest BCUT2D eigenvalue weighted by Gasteiger charge is -2.21. The topological polar surface area (TPSA) is 55.6 Å². The zero-order chi connectivity index (χ0) is 14.7. The van der Waals surface area contributed by atoms with Gasteiger partial charge in [0.25, 0.3) is 5.91 Å². The minimum absolute atomic E-state index is 0.0850. The van der Waals surface area contributed by atoms with Gasteiger partial charge in [0.15, 0.2) is 17.7 Å². The summed E-state index contributed by atoms with van der Waals surface area (Å²) >= 11 is 0. The second-order valence-corrected chi connectivity index (χ2v) is 5.27. The maximum atomic E-state index is 13.9. The molecule has 110 valence electrons. The number of rotatable bonds is 4. The van der Waals surface area contributed by atoms with Crippen molar-refractivity contribution in [2.24, 2.45) is 5.73 Å². The van der Waals surface area contributed by atoms with Crippen LogP contribution in [-0.2, 0) is 4.79 Å². The van der Waals surface area contributed by atoms with Crippen LogP contribution >= 0.6 is 0 Å². The fraction of sp³-hybridized carbons (Fsp3) is 0.533. The first kappa shape index (κ1) is 14.8. The summed E-state index contributed by atoms with van der Waals surface area (Å²) in [6.45, 7) is 4.96. The standard InChI is InChI=1S/C15H21FN2O2/c1-10(17)12-5-6-14(13(16)9-12)20-11(2)15(19)18-7-3-4-8-18/h5-6,9-11H,3-4,7-8,17H2,1-2H3. The summed E-state index contributed by atoms with van der Waals surface area (Å²) in [6, 6.07) is 4.37. The van der Waals surface area contributed by atoms with Crippen molar-refractivity contribution in [2.45, 2.75) is 38.8 Å². The molecule has 0 spiro atoms. The lowest BCUT2D eigenvalue weighted by Crippen LogP contribution is -2.38. The molecule has 1 saturated heterocycles. The predicted molar refractivity (Wildman–Crippen MR) is 74.9 cm³/mol. The van der Waals surface area contributed by atoms with E-state index in [0.29, 0.717) is 5.56 Å². The highest BCUT2D eigenvalue weighted by atomic mass is 19.1. The minimum atomic E-state index is -0.677. The number of carbonyl (C=O) groups is 1. The smallest absolute Gasteiger partial charge is 0.263 e. The van der Waals surface area contributed by atoms with Crippen LogP contribution in [0.1, 0.15) is 38.3 Å². The minimum Gasteiger partial charge on any atom is -0.478 e. The zero-order valence-electron chi connectivity index (χ0n) is 11.9. The van der Waals surface area contributed by atoms with E-state index in [9.17, 15) is 9.18 Å². The van der Waals surface area contributed by atoms with E-state index in [1.165, 1.54) is 12.1 Å². The van der Waals surface area contributed by atoms with E-state index in [2.05, 4.69) is 0 Å². The van der Waals surface area contributed by atoms with Crippen LogP contribution in [-0.4, -0.2) is 30.0 Å². The Hall–Kier alpha value is -1.62. The average Bonchev–Trinajstić information content (AvgIpc) is 2.93. The molecule has 0 aromatic heterocycles. The highest BCUT2D eigenvalue weighted by Crippen LogP contribution is 2.23. The maximum Gasteiger partial charge on any atom is 0.263 e. The number of hydrogen-bond donors (Lipinski definition) is 1. The first-order valence-corrected chi connectivity index (χ1v) is 6.99. The quantitative estimate of drug-likeness (QED) is 0.920. The van der Waals surface area contributed by atoms with Crippen LogP contribution in [0.4, 0.5) is 4.39 Å². The van der Waals surface area contributed by atoms with E-state index < -0.39 is 11.9 Å². The highest BCUT2D eigenvalue weighted by Gasteiger charge is 2.25. The Morgan fingerprint density at radius 3 is 2.55 bits per heavy atom. The molecule has 2 rings (SSSR count). The van der Waals surface area contributed by atoms with Crippen molar-refractivity contribution < 1.29 is 13.9 Å². The number of halogens is 1. The van der Waals surface area contributed by atoms with Crippen LogP contribution in [0, 0.1) is 5.82 Å². The van der Waals surface area contributed by atoms with Crippen LogP contribution in [0.3, 0.4) is 0 Å². The molecule has 20 heavy (non-hydrogen) atoms. The first-order valence-electron chi connectivity index (χ1n) is 6.99. The third kappa shape index (κ3) is 3.28. The van der Waals surface area contributed by atoms with Crippen molar-refractivity contribution in [3.8, 4) is 5.75 Å². The molecule has 0 aliphatic carbocycles. The molecular formula is C15H21FN2O2. The SMILES string of the molecule is CC(Oc1ccc(C(C)N)cc1F)C(=O)N1CCCC1. The number of ether oxygens (including phenoxy) is 1. The van der Waals surface area contributed by atoms with Crippen LogP contribution in [0.5, 0.6) is 5.75 Å². The molecule has 0 radical (unpaired) electrons. The average molecular weight is 280 g/mol. The van der Waals surface area contributed by atoms with Gasteiger partial charge in [-0.2, -0.15) is 0 Å². The van der Waals surface area contributed by atoms with E-state index in [1.54, 1.807) is 24.8 Å². The second kappa shape index (κ2) is 6.22. The van der Waals surface area contributed by atoms with Crippen molar-refractivity contribution in [1.82, 2.24) is 4.90 Å². The third-order valence-corrected chi connectivity index (χ3v) is 3.55. The van der Waals surface area contributed by atoms with Gasteiger partial charge in [-0.15, -0.1) is 0 Å². The number of carbonyl (C=O) groups excluding carboxylic acids is 1. The summed E-state index contributed by atoms with van der Waals surface area (Å²) in [7, 11) is 0. The van der Waals surface area contributed by atoms with Crippen molar-refractivity contribution >= 4 is 5.91 Å². The Balaban J connectivity index is 2.03. The summed E-state index contributed by atoms with van der Waals surface area (Å²) in [5, 5.41) is 0. The van der Waals surface area contributed by atoms with Gasteiger partial charge in [-0.05, 0) is 44.4 Å². The lowest BCUT2D eigenvalue weighted by atomic mass is 10.1. The molecule has 1 heterocycles. The fourth-order valence-corrected chi connectivity index (χ4v) is 2.33. The van der Waals surface area contributed by atoms with Gasteiger partial charge in [0.2, 0.25) is 0 Å². The largest absolute Gasteiger partial charge is 0.478 e. The Morgan fingerprint density at radius 1 is 1.35 bits per heavy atom. The van der Waals surface area contributed by atoms with Crippen LogP contribution < -0.4 is 10.5 Å². The molecule has 1 aromatic carbocycles. The molecule has 2 N–H and O–H groups in total. The molecule has 1 amide bonds.